The van der Waals surface area contributed by atoms with Gasteiger partial charge in [-0.05, 0) is 35.7 Å². The van der Waals surface area contributed by atoms with Gasteiger partial charge in [-0.3, -0.25) is 4.79 Å². The number of rotatable bonds is 8. The van der Waals surface area contributed by atoms with Gasteiger partial charge in [0.05, 0.1) is 11.5 Å². The average molecular weight is 419 g/mol. The number of hydrogen-bond donors (Lipinski definition) is 0. The van der Waals surface area contributed by atoms with Gasteiger partial charge in [0.15, 0.2) is 23.1 Å². The molecule has 1 heterocycles. The molecule has 0 unspecified atom stereocenters. The molecule has 7 nitrogen and oxygen atoms in total. The summed E-state index contributed by atoms with van der Waals surface area (Å²) in [4.78, 5) is 26.0. The molecule has 2 aromatic carbocycles. The highest BCUT2D eigenvalue weighted by atomic mass is 32.2. The number of sulfone groups is 1. The molecule has 0 spiro atoms. The molecular formula is C21H25NO6S. The van der Waals surface area contributed by atoms with Crippen LogP contribution in [-0.2, 0) is 24.2 Å². The lowest BCUT2D eigenvalue weighted by Crippen LogP contribution is -2.44. The Labute approximate surface area is 170 Å². The zero-order valence-corrected chi connectivity index (χ0v) is 17.2. The fraction of sp³-hybridized carbons (Fsp3) is 0.429. The van der Waals surface area contributed by atoms with Crippen LogP contribution in [0.4, 0.5) is 0 Å². The molecule has 1 aliphatic rings. The molecule has 1 aliphatic heterocycles. The minimum absolute atomic E-state index is 0.0300. The highest BCUT2D eigenvalue weighted by Gasteiger charge is 2.34. The van der Waals surface area contributed by atoms with Crippen LogP contribution in [0.1, 0.15) is 19.8 Å². The average Bonchev–Trinajstić information content (AvgIpc) is 3.07. The van der Waals surface area contributed by atoms with Gasteiger partial charge >= 0.3 is 5.97 Å². The topological polar surface area (TPSA) is 90.0 Å². The number of carbonyl (C=O) groups excluding carboxylic acids is 2. The van der Waals surface area contributed by atoms with E-state index in [1.165, 1.54) is 4.90 Å². The standard InChI is InChI=1S/C21H25NO6S/c1-2-10-22(18-9-11-29(25,26)15-18)20(23)13-28-21(24)14-27-19-8-7-16-5-3-4-6-17(16)12-19/h3-8,12,18H,2,9-11,13-15H2,1H3/t18-/m0/s1. The first-order valence-electron chi connectivity index (χ1n) is 9.65. The minimum Gasteiger partial charge on any atom is -0.482 e. The first kappa shape index (κ1) is 21.1. The number of fused-ring (bicyclic) bond motifs is 1. The van der Waals surface area contributed by atoms with E-state index in [0.717, 1.165) is 10.8 Å². The van der Waals surface area contributed by atoms with Crippen molar-refractivity contribution in [3.05, 3.63) is 42.5 Å². The van der Waals surface area contributed by atoms with Crippen LogP contribution in [0.2, 0.25) is 0 Å². The van der Waals surface area contributed by atoms with E-state index in [9.17, 15) is 18.0 Å². The number of benzene rings is 2. The monoisotopic (exact) mass is 419 g/mol. The summed E-state index contributed by atoms with van der Waals surface area (Å²) >= 11 is 0. The number of carbonyl (C=O) groups is 2. The van der Waals surface area contributed by atoms with Gasteiger partial charge in [-0.2, -0.15) is 0 Å². The van der Waals surface area contributed by atoms with Crippen LogP contribution < -0.4 is 4.74 Å². The van der Waals surface area contributed by atoms with Crippen molar-refractivity contribution in [3.63, 3.8) is 0 Å². The second-order valence-corrected chi connectivity index (χ2v) is 9.33. The van der Waals surface area contributed by atoms with Gasteiger partial charge in [0.2, 0.25) is 0 Å². The lowest BCUT2D eigenvalue weighted by atomic mass is 10.1. The molecule has 0 N–H and O–H groups in total. The summed E-state index contributed by atoms with van der Waals surface area (Å²) in [6.07, 6.45) is 1.12. The predicted octanol–water partition coefficient (Wildman–Crippen LogP) is 2.19. The molecule has 0 bridgehead atoms. The number of hydrogen-bond acceptors (Lipinski definition) is 6. The van der Waals surface area contributed by atoms with Gasteiger partial charge in [-0.25, -0.2) is 13.2 Å². The second kappa shape index (κ2) is 9.26. The first-order valence-corrected chi connectivity index (χ1v) is 11.5. The molecule has 0 aromatic heterocycles. The summed E-state index contributed by atoms with van der Waals surface area (Å²) < 4.78 is 33.9. The maximum atomic E-state index is 12.5. The third-order valence-corrected chi connectivity index (χ3v) is 6.62. The Balaban J connectivity index is 1.50. The summed E-state index contributed by atoms with van der Waals surface area (Å²) in [5.74, 6) is -0.437. The summed E-state index contributed by atoms with van der Waals surface area (Å²) in [6, 6.07) is 12.9. The van der Waals surface area contributed by atoms with Crippen molar-refractivity contribution in [2.45, 2.75) is 25.8 Å². The van der Waals surface area contributed by atoms with Gasteiger partial charge in [0, 0.05) is 12.6 Å². The molecule has 0 aliphatic carbocycles. The van der Waals surface area contributed by atoms with Crippen molar-refractivity contribution in [2.24, 2.45) is 0 Å². The Hall–Kier alpha value is -2.61. The first-order chi connectivity index (χ1) is 13.9. The molecule has 2 aromatic rings. The van der Waals surface area contributed by atoms with E-state index in [4.69, 9.17) is 9.47 Å². The summed E-state index contributed by atoms with van der Waals surface area (Å²) in [6.45, 7) is 1.62. The number of ether oxygens (including phenoxy) is 2. The molecule has 0 saturated carbocycles. The normalized spacial score (nSPS) is 17.8. The smallest absolute Gasteiger partial charge is 0.344 e. The molecule has 156 valence electrons. The van der Waals surface area contributed by atoms with Crippen molar-refractivity contribution in [1.29, 1.82) is 0 Å². The lowest BCUT2D eigenvalue weighted by molar-refractivity contribution is -0.154. The van der Waals surface area contributed by atoms with Gasteiger partial charge in [0.1, 0.15) is 5.75 Å². The van der Waals surface area contributed by atoms with Crippen LogP contribution >= 0.6 is 0 Å². The number of amides is 1. The van der Waals surface area contributed by atoms with Crippen molar-refractivity contribution >= 4 is 32.5 Å². The van der Waals surface area contributed by atoms with Gasteiger partial charge in [-0.1, -0.05) is 37.3 Å². The number of nitrogens with zero attached hydrogens (tertiary/aromatic N) is 1. The van der Waals surface area contributed by atoms with E-state index in [0.29, 0.717) is 25.1 Å². The second-order valence-electron chi connectivity index (χ2n) is 7.10. The van der Waals surface area contributed by atoms with Crippen molar-refractivity contribution < 1.29 is 27.5 Å². The van der Waals surface area contributed by atoms with E-state index in [1.54, 1.807) is 6.07 Å². The maximum absolute atomic E-state index is 12.5. The van der Waals surface area contributed by atoms with Crippen LogP contribution in [0.15, 0.2) is 42.5 Å². The molecule has 8 heteroatoms. The quantitative estimate of drug-likeness (QED) is 0.610. The fourth-order valence-corrected chi connectivity index (χ4v) is 5.17. The Morgan fingerprint density at radius 1 is 1.10 bits per heavy atom. The van der Waals surface area contributed by atoms with E-state index < -0.39 is 22.4 Å². The SMILES string of the molecule is CCCN(C(=O)COC(=O)COc1ccc2ccccc2c1)[C@H]1CCS(=O)(=O)C1. The Bertz CT molecular complexity index is 988. The zero-order valence-electron chi connectivity index (χ0n) is 16.4. The lowest BCUT2D eigenvalue weighted by Gasteiger charge is -2.27. The van der Waals surface area contributed by atoms with Crippen molar-refractivity contribution in [3.8, 4) is 5.75 Å². The predicted molar refractivity (Wildman–Crippen MR) is 109 cm³/mol. The molecular weight excluding hydrogens is 394 g/mol. The van der Waals surface area contributed by atoms with Crippen LogP contribution in [0, 0.1) is 0 Å². The van der Waals surface area contributed by atoms with E-state index >= 15 is 0 Å². The van der Waals surface area contributed by atoms with E-state index in [-0.39, 0.29) is 30.1 Å². The largest absolute Gasteiger partial charge is 0.482 e. The highest BCUT2D eigenvalue weighted by molar-refractivity contribution is 7.91. The Morgan fingerprint density at radius 3 is 2.55 bits per heavy atom. The van der Waals surface area contributed by atoms with E-state index in [2.05, 4.69) is 0 Å². The number of esters is 1. The van der Waals surface area contributed by atoms with Crippen molar-refractivity contribution in [2.75, 3.05) is 31.3 Å². The summed E-state index contributed by atoms with van der Waals surface area (Å²) in [5.41, 5.74) is 0. The van der Waals surface area contributed by atoms with Crippen LogP contribution in [0.5, 0.6) is 5.75 Å². The molecule has 1 atom stereocenters. The van der Waals surface area contributed by atoms with Crippen LogP contribution in [-0.4, -0.2) is 62.5 Å². The molecule has 3 rings (SSSR count). The summed E-state index contributed by atoms with van der Waals surface area (Å²) in [5, 5.41) is 2.06. The third kappa shape index (κ3) is 5.69. The fourth-order valence-electron chi connectivity index (χ4n) is 3.44. The summed E-state index contributed by atoms with van der Waals surface area (Å²) in [7, 11) is -3.10. The Kier molecular flexibility index (Phi) is 6.74. The van der Waals surface area contributed by atoms with Gasteiger partial charge in [0.25, 0.3) is 5.91 Å². The van der Waals surface area contributed by atoms with Crippen LogP contribution in [0.25, 0.3) is 10.8 Å². The Morgan fingerprint density at radius 2 is 1.86 bits per heavy atom. The third-order valence-electron chi connectivity index (χ3n) is 4.87. The maximum Gasteiger partial charge on any atom is 0.344 e. The molecule has 0 radical (unpaired) electrons. The zero-order chi connectivity index (χ0) is 20.9. The van der Waals surface area contributed by atoms with Gasteiger partial charge in [-0.15, -0.1) is 0 Å². The minimum atomic E-state index is -3.10. The molecule has 1 saturated heterocycles. The highest BCUT2D eigenvalue weighted by Crippen LogP contribution is 2.21. The molecule has 1 amide bonds. The van der Waals surface area contributed by atoms with Crippen molar-refractivity contribution in [1.82, 2.24) is 4.90 Å². The molecule has 29 heavy (non-hydrogen) atoms. The van der Waals surface area contributed by atoms with E-state index in [1.807, 2.05) is 43.3 Å². The molecule has 1 fully saturated rings. The van der Waals surface area contributed by atoms with Gasteiger partial charge < -0.3 is 14.4 Å². The van der Waals surface area contributed by atoms with Crippen LogP contribution in [0.3, 0.4) is 0 Å².